The van der Waals surface area contributed by atoms with Crippen LogP contribution in [0.15, 0.2) is 30.3 Å². The van der Waals surface area contributed by atoms with Gasteiger partial charge in [0.25, 0.3) is 0 Å². The predicted octanol–water partition coefficient (Wildman–Crippen LogP) is 4.08. The average Bonchev–Trinajstić information content (AvgIpc) is 2.44. The summed E-state index contributed by atoms with van der Waals surface area (Å²) in [6, 6.07) is 3.55. The molecule has 1 unspecified atom stereocenters. The van der Waals surface area contributed by atoms with Crippen molar-refractivity contribution in [2.75, 3.05) is 6.54 Å². The van der Waals surface area contributed by atoms with E-state index in [4.69, 9.17) is 0 Å². The summed E-state index contributed by atoms with van der Waals surface area (Å²) >= 11 is 0. The van der Waals surface area contributed by atoms with E-state index in [0.29, 0.717) is 12.6 Å². The molecular formula is C15H12F5N. The van der Waals surface area contributed by atoms with Gasteiger partial charge in [0, 0.05) is 17.2 Å². The monoisotopic (exact) mass is 301 g/mol. The van der Waals surface area contributed by atoms with E-state index < -0.39 is 35.1 Å². The van der Waals surface area contributed by atoms with Gasteiger partial charge in [-0.25, -0.2) is 22.0 Å². The molecular weight excluding hydrogens is 289 g/mol. The van der Waals surface area contributed by atoms with Crippen LogP contribution in [0.2, 0.25) is 0 Å². The zero-order chi connectivity index (χ0) is 15.6. The molecule has 112 valence electrons. The summed E-state index contributed by atoms with van der Waals surface area (Å²) in [6.45, 7) is 2.01. The number of halogens is 5. The second kappa shape index (κ2) is 6.22. The highest BCUT2D eigenvalue weighted by molar-refractivity contribution is 5.34. The number of nitrogens with one attached hydrogen (secondary N) is 1. The molecule has 6 heteroatoms. The molecule has 1 N–H and O–H groups in total. The van der Waals surface area contributed by atoms with Gasteiger partial charge in [0.05, 0.1) is 6.04 Å². The van der Waals surface area contributed by atoms with Crippen molar-refractivity contribution in [2.24, 2.45) is 0 Å². The minimum Gasteiger partial charge on any atom is -0.306 e. The Morgan fingerprint density at radius 1 is 0.857 bits per heavy atom. The lowest BCUT2D eigenvalue weighted by molar-refractivity contribution is 0.431. The van der Waals surface area contributed by atoms with Crippen LogP contribution in [-0.4, -0.2) is 6.54 Å². The molecule has 0 spiro atoms. The molecule has 2 aromatic carbocycles. The molecule has 1 atom stereocenters. The van der Waals surface area contributed by atoms with Crippen LogP contribution in [-0.2, 0) is 0 Å². The van der Waals surface area contributed by atoms with Crippen LogP contribution in [0.1, 0.15) is 24.1 Å². The molecule has 0 saturated carbocycles. The molecule has 21 heavy (non-hydrogen) atoms. The molecule has 2 aromatic rings. The topological polar surface area (TPSA) is 12.0 Å². The molecule has 0 saturated heterocycles. The molecule has 0 aliphatic rings. The summed E-state index contributed by atoms with van der Waals surface area (Å²) in [5.74, 6) is -6.03. The van der Waals surface area contributed by atoms with E-state index >= 15 is 0 Å². The normalized spacial score (nSPS) is 12.5. The van der Waals surface area contributed by atoms with Crippen LogP contribution in [0, 0.1) is 29.1 Å². The fourth-order valence-electron chi connectivity index (χ4n) is 2.09. The summed E-state index contributed by atoms with van der Waals surface area (Å²) in [5.41, 5.74) is -0.301. The lowest BCUT2D eigenvalue weighted by Crippen LogP contribution is -2.24. The fraction of sp³-hybridized carbons (Fsp3) is 0.200. The molecule has 2 rings (SSSR count). The zero-order valence-corrected chi connectivity index (χ0v) is 11.1. The van der Waals surface area contributed by atoms with Crippen LogP contribution in [0.4, 0.5) is 22.0 Å². The summed E-state index contributed by atoms with van der Waals surface area (Å²) in [5, 5.41) is 2.77. The molecule has 0 radical (unpaired) electrons. The van der Waals surface area contributed by atoms with Crippen molar-refractivity contribution in [1.82, 2.24) is 5.32 Å². The van der Waals surface area contributed by atoms with E-state index in [1.165, 1.54) is 0 Å². The van der Waals surface area contributed by atoms with E-state index in [-0.39, 0.29) is 11.1 Å². The Morgan fingerprint density at radius 3 is 2.14 bits per heavy atom. The van der Waals surface area contributed by atoms with Gasteiger partial charge in [0.15, 0.2) is 17.5 Å². The molecule has 0 bridgehead atoms. The quantitative estimate of drug-likeness (QED) is 0.663. The Hall–Kier alpha value is -1.95. The third kappa shape index (κ3) is 3.05. The first-order valence-electron chi connectivity index (χ1n) is 6.27. The lowest BCUT2D eigenvalue weighted by Gasteiger charge is -2.20. The van der Waals surface area contributed by atoms with Crippen LogP contribution in [0.25, 0.3) is 0 Å². The number of hydrogen-bond donors (Lipinski definition) is 1. The minimum atomic E-state index is -1.63. The van der Waals surface area contributed by atoms with Crippen molar-refractivity contribution in [3.05, 3.63) is 70.5 Å². The van der Waals surface area contributed by atoms with Gasteiger partial charge < -0.3 is 5.32 Å². The smallest absolute Gasteiger partial charge is 0.194 e. The highest BCUT2D eigenvalue weighted by Gasteiger charge is 2.24. The molecule has 1 nitrogen and oxygen atoms in total. The second-order valence-electron chi connectivity index (χ2n) is 4.42. The van der Waals surface area contributed by atoms with E-state index in [9.17, 15) is 22.0 Å². The van der Waals surface area contributed by atoms with E-state index in [0.717, 1.165) is 24.3 Å². The third-order valence-corrected chi connectivity index (χ3v) is 3.06. The van der Waals surface area contributed by atoms with Gasteiger partial charge in [-0.2, -0.15) is 0 Å². The van der Waals surface area contributed by atoms with Crippen LogP contribution in [0.3, 0.4) is 0 Å². The average molecular weight is 301 g/mol. The zero-order valence-electron chi connectivity index (χ0n) is 11.1. The summed E-state index contributed by atoms with van der Waals surface area (Å²) in [7, 11) is 0. The van der Waals surface area contributed by atoms with E-state index in [2.05, 4.69) is 5.32 Å². The van der Waals surface area contributed by atoms with Crippen molar-refractivity contribution in [3.8, 4) is 0 Å². The van der Waals surface area contributed by atoms with Crippen molar-refractivity contribution in [1.29, 1.82) is 0 Å². The molecule has 0 heterocycles. The van der Waals surface area contributed by atoms with Crippen LogP contribution >= 0.6 is 0 Å². The van der Waals surface area contributed by atoms with Crippen molar-refractivity contribution in [3.63, 3.8) is 0 Å². The first-order chi connectivity index (χ1) is 9.95. The Kier molecular flexibility index (Phi) is 4.57. The molecule has 0 aromatic heterocycles. The number of rotatable bonds is 4. The summed E-state index contributed by atoms with van der Waals surface area (Å²) in [6.07, 6.45) is 0. The third-order valence-electron chi connectivity index (χ3n) is 3.06. The maximum Gasteiger partial charge on any atom is 0.194 e. The Labute approximate surface area is 118 Å². The molecule has 0 amide bonds. The SMILES string of the molecule is CCNC(c1ccc(F)cc1F)c1ccc(F)c(F)c1F. The van der Waals surface area contributed by atoms with E-state index in [1.807, 2.05) is 0 Å². The Balaban J connectivity index is 2.56. The maximum atomic E-state index is 13.9. The highest BCUT2D eigenvalue weighted by atomic mass is 19.2. The minimum absolute atomic E-state index is 0.0526. The highest BCUT2D eigenvalue weighted by Crippen LogP contribution is 2.28. The second-order valence-corrected chi connectivity index (χ2v) is 4.42. The fourth-order valence-corrected chi connectivity index (χ4v) is 2.09. The first kappa shape index (κ1) is 15.4. The first-order valence-corrected chi connectivity index (χ1v) is 6.27. The Morgan fingerprint density at radius 2 is 1.52 bits per heavy atom. The lowest BCUT2D eigenvalue weighted by atomic mass is 9.97. The number of hydrogen-bond acceptors (Lipinski definition) is 1. The summed E-state index contributed by atoms with van der Waals surface area (Å²) in [4.78, 5) is 0. The molecule has 0 aliphatic heterocycles. The van der Waals surface area contributed by atoms with Gasteiger partial charge >= 0.3 is 0 Å². The van der Waals surface area contributed by atoms with Gasteiger partial charge in [0.1, 0.15) is 11.6 Å². The van der Waals surface area contributed by atoms with Gasteiger partial charge in [-0.05, 0) is 18.7 Å². The standard InChI is InChI=1S/C15H12F5N/c1-2-21-15(9-4-3-8(16)7-12(9)18)10-5-6-11(17)14(20)13(10)19/h3-7,15,21H,2H2,1H3. The van der Waals surface area contributed by atoms with Crippen LogP contribution in [0.5, 0.6) is 0 Å². The maximum absolute atomic E-state index is 13.9. The van der Waals surface area contributed by atoms with Crippen LogP contribution < -0.4 is 5.32 Å². The Bertz CT molecular complexity index is 657. The molecule has 0 fully saturated rings. The van der Waals surface area contributed by atoms with Gasteiger partial charge in [0.2, 0.25) is 0 Å². The summed E-state index contributed by atoms with van der Waals surface area (Å²) < 4.78 is 67.0. The molecule has 0 aliphatic carbocycles. The number of benzene rings is 2. The van der Waals surface area contributed by atoms with E-state index in [1.54, 1.807) is 6.92 Å². The largest absolute Gasteiger partial charge is 0.306 e. The van der Waals surface area contributed by atoms with Crippen molar-refractivity contribution < 1.29 is 22.0 Å². The van der Waals surface area contributed by atoms with Gasteiger partial charge in [-0.3, -0.25) is 0 Å². The van der Waals surface area contributed by atoms with Gasteiger partial charge in [-0.1, -0.05) is 19.1 Å². The predicted molar refractivity (Wildman–Crippen MR) is 68.2 cm³/mol. The van der Waals surface area contributed by atoms with Crippen molar-refractivity contribution in [2.45, 2.75) is 13.0 Å². The van der Waals surface area contributed by atoms with Gasteiger partial charge in [-0.15, -0.1) is 0 Å². The van der Waals surface area contributed by atoms with Crippen molar-refractivity contribution >= 4 is 0 Å².